The van der Waals surface area contributed by atoms with Gasteiger partial charge in [0, 0.05) is 12.6 Å². The smallest absolute Gasteiger partial charge is 0.00954 e. The predicted molar refractivity (Wildman–Crippen MR) is 83.5 cm³/mol. The molecule has 2 aliphatic rings. The van der Waals surface area contributed by atoms with Gasteiger partial charge < -0.3 is 10.2 Å². The van der Waals surface area contributed by atoms with Crippen LogP contribution in [0.15, 0.2) is 0 Å². The Labute approximate surface area is 120 Å². The van der Waals surface area contributed by atoms with E-state index < -0.39 is 0 Å². The lowest BCUT2D eigenvalue weighted by atomic mass is 9.85. The van der Waals surface area contributed by atoms with Crippen LogP contribution in [0.5, 0.6) is 0 Å². The minimum atomic E-state index is 0.584. The zero-order chi connectivity index (χ0) is 13.7. The summed E-state index contributed by atoms with van der Waals surface area (Å²) in [7, 11) is 0. The highest BCUT2D eigenvalue weighted by Crippen LogP contribution is 2.35. The standard InChI is InChI=1S/C17H34N2/c1-4-19(14-15-7-6-12-18-13-15)16-8-5-10-17(2,3)11-9-16/h15-16,18H,4-14H2,1-3H3. The Bertz CT molecular complexity index is 256. The highest BCUT2D eigenvalue weighted by Gasteiger charge is 2.28. The largest absolute Gasteiger partial charge is 0.316 e. The first-order chi connectivity index (χ1) is 9.11. The van der Waals surface area contributed by atoms with E-state index in [4.69, 9.17) is 0 Å². The molecule has 19 heavy (non-hydrogen) atoms. The lowest BCUT2D eigenvalue weighted by molar-refractivity contribution is 0.145. The van der Waals surface area contributed by atoms with Gasteiger partial charge in [0.25, 0.3) is 0 Å². The molecular weight excluding hydrogens is 232 g/mol. The Morgan fingerprint density at radius 3 is 2.63 bits per heavy atom. The van der Waals surface area contributed by atoms with Crippen molar-refractivity contribution in [1.29, 1.82) is 0 Å². The Morgan fingerprint density at radius 1 is 1.11 bits per heavy atom. The van der Waals surface area contributed by atoms with E-state index in [9.17, 15) is 0 Å². The Balaban J connectivity index is 1.85. The summed E-state index contributed by atoms with van der Waals surface area (Å²) in [4.78, 5) is 2.79. The molecule has 2 unspecified atom stereocenters. The molecule has 1 aliphatic heterocycles. The van der Waals surface area contributed by atoms with Gasteiger partial charge in [-0.1, -0.05) is 27.2 Å². The molecule has 0 radical (unpaired) electrons. The Kier molecular flexibility index (Phi) is 5.70. The molecule has 1 heterocycles. The van der Waals surface area contributed by atoms with Gasteiger partial charge in [0.05, 0.1) is 0 Å². The first-order valence-electron chi connectivity index (χ1n) is 8.55. The number of nitrogens with one attached hydrogen (secondary N) is 1. The minimum Gasteiger partial charge on any atom is -0.316 e. The molecule has 2 heteroatoms. The van der Waals surface area contributed by atoms with Gasteiger partial charge in [0.2, 0.25) is 0 Å². The monoisotopic (exact) mass is 266 g/mol. The van der Waals surface area contributed by atoms with E-state index in [0.717, 1.165) is 12.0 Å². The predicted octanol–water partition coefficient (Wildman–Crippen LogP) is 3.67. The first kappa shape index (κ1) is 15.3. The second-order valence-corrected chi connectivity index (χ2v) is 7.55. The van der Waals surface area contributed by atoms with Crippen molar-refractivity contribution < 1.29 is 0 Å². The van der Waals surface area contributed by atoms with Crippen LogP contribution in [0.25, 0.3) is 0 Å². The van der Waals surface area contributed by atoms with Gasteiger partial charge >= 0.3 is 0 Å². The van der Waals surface area contributed by atoms with Crippen LogP contribution in [-0.4, -0.2) is 37.1 Å². The molecule has 1 saturated carbocycles. The third-order valence-corrected chi connectivity index (χ3v) is 5.36. The SMILES string of the molecule is CCN(CC1CCCNC1)C1CCCC(C)(C)CC1. The fourth-order valence-corrected chi connectivity index (χ4v) is 3.96. The Morgan fingerprint density at radius 2 is 1.95 bits per heavy atom. The molecule has 0 aromatic rings. The molecule has 0 aromatic heterocycles. The third kappa shape index (κ3) is 4.75. The third-order valence-electron chi connectivity index (χ3n) is 5.36. The highest BCUT2D eigenvalue weighted by molar-refractivity contribution is 4.83. The van der Waals surface area contributed by atoms with Crippen molar-refractivity contribution in [3.63, 3.8) is 0 Å². The molecule has 0 amide bonds. The van der Waals surface area contributed by atoms with Gasteiger partial charge in [-0.3, -0.25) is 0 Å². The van der Waals surface area contributed by atoms with E-state index in [1.807, 2.05) is 0 Å². The van der Waals surface area contributed by atoms with E-state index in [-0.39, 0.29) is 0 Å². The second kappa shape index (κ2) is 7.08. The molecule has 0 aromatic carbocycles. The molecule has 2 atom stereocenters. The molecule has 1 saturated heterocycles. The fourth-order valence-electron chi connectivity index (χ4n) is 3.96. The molecule has 0 spiro atoms. The van der Waals surface area contributed by atoms with Crippen molar-refractivity contribution in [2.45, 2.75) is 71.8 Å². The number of nitrogens with zero attached hydrogens (tertiary/aromatic N) is 1. The van der Waals surface area contributed by atoms with Gasteiger partial charge in [0.1, 0.15) is 0 Å². The van der Waals surface area contributed by atoms with E-state index in [0.29, 0.717) is 5.41 Å². The lowest BCUT2D eigenvalue weighted by Crippen LogP contribution is -2.42. The topological polar surface area (TPSA) is 15.3 Å². The minimum absolute atomic E-state index is 0.584. The zero-order valence-corrected chi connectivity index (χ0v) is 13.4. The van der Waals surface area contributed by atoms with E-state index in [2.05, 4.69) is 31.0 Å². The van der Waals surface area contributed by atoms with E-state index in [1.165, 1.54) is 71.1 Å². The average molecular weight is 266 g/mol. The average Bonchev–Trinajstić information content (AvgIpc) is 2.58. The van der Waals surface area contributed by atoms with Crippen LogP contribution < -0.4 is 5.32 Å². The van der Waals surface area contributed by atoms with Gasteiger partial charge in [-0.25, -0.2) is 0 Å². The normalized spacial score (nSPS) is 32.2. The summed E-state index contributed by atoms with van der Waals surface area (Å²) >= 11 is 0. The number of hydrogen-bond donors (Lipinski definition) is 1. The molecule has 1 aliphatic carbocycles. The van der Waals surface area contributed by atoms with Crippen molar-refractivity contribution in [2.75, 3.05) is 26.2 Å². The maximum Gasteiger partial charge on any atom is 0.00954 e. The summed E-state index contributed by atoms with van der Waals surface area (Å²) in [6.07, 6.45) is 9.92. The lowest BCUT2D eigenvalue weighted by Gasteiger charge is -2.35. The van der Waals surface area contributed by atoms with Crippen LogP contribution in [0.2, 0.25) is 0 Å². The highest BCUT2D eigenvalue weighted by atomic mass is 15.2. The van der Waals surface area contributed by atoms with Crippen LogP contribution in [0.1, 0.15) is 65.7 Å². The van der Waals surface area contributed by atoms with Gasteiger partial charge in [-0.15, -0.1) is 0 Å². The summed E-state index contributed by atoms with van der Waals surface area (Å²) in [6.45, 7) is 12.3. The number of rotatable bonds is 4. The summed E-state index contributed by atoms with van der Waals surface area (Å²) in [5.74, 6) is 0.893. The summed E-state index contributed by atoms with van der Waals surface area (Å²) in [6, 6.07) is 0.855. The maximum atomic E-state index is 3.57. The van der Waals surface area contributed by atoms with Crippen molar-refractivity contribution in [3.05, 3.63) is 0 Å². The molecular formula is C17H34N2. The molecule has 0 bridgehead atoms. The molecule has 112 valence electrons. The van der Waals surface area contributed by atoms with Crippen LogP contribution in [0.4, 0.5) is 0 Å². The summed E-state index contributed by atoms with van der Waals surface area (Å²) in [5.41, 5.74) is 0.584. The quantitative estimate of drug-likeness (QED) is 0.781. The molecule has 2 fully saturated rings. The summed E-state index contributed by atoms with van der Waals surface area (Å²) < 4.78 is 0. The number of piperidine rings is 1. The Hall–Kier alpha value is -0.0800. The molecule has 1 N–H and O–H groups in total. The first-order valence-corrected chi connectivity index (χ1v) is 8.55. The van der Waals surface area contributed by atoms with E-state index in [1.54, 1.807) is 0 Å². The molecule has 2 rings (SSSR count). The van der Waals surface area contributed by atoms with Crippen LogP contribution >= 0.6 is 0 Å². The van der Waals surface area contributed by atoms with Gasteiger partial charge in [0.15, 0.2) is 0 Å². The van der Waals surface area contributed by atoms with Crippen LogP contribution in [-0.2, 0) is 0 Å². The molecule has 2 nitrogen and oxygen atoms in total. The van der Waals surface area contributed by atoms with Gasteiger partial charge in [-0.05, 0) is 69.5 Å². The summed E-state index contributed by atoms with van der Waals surface area (Å²) in [5, 5.41) is 3.57. The van der Waals surface area contributed by atoms with Gasteiger partial charge in [-0.2, -0.15) is 0 Å². The van der Waals surface area contributed by atoms with Crippen molar-refractivity contribution in [2.24, 2.45) is 11.3 Å². The van der Waals surface area contributed by atoms with Crippen molar-refractivity contribution >= 4 is 0 Å². The maximum absolute atomic E-state index is 3.57. The fraction of sp³-hybridized carbons (Fsp3) is 1.00. The number of hydrogen-bond acceptors (Lipinski definition) is 2. The van der Waals surface area contributed by atoms with Crippen molar-refractivity contribution in [1.82, 2.24) is 10.2 Å². The van der Waals surface area contributed by atoms with Crippen LogP contribution in [0, 0.1) is 11.3 Å². The van der Waals surface area contributed by atoms with Crippen molar-refractivity contribution in [3.8, 4) is 0 Å². The van der Waals surface area contributed by atoms with Crippen LogP contribution in [0.3, 0.4) is 0 Å². The zero-order valence-electron chi connectivity index (χ0n) is 13.4. The van der Waals surface area contributed by atoms with E-state index >= 15 is 0 Å². The second-order valence-electron chi connectivity index (χ2n) is 7.55.